The quantitative estimate of drug-likeness (QED) is 0.621. The molecule has 4 heteroatoms. The average molecular weight is 162 g/mol. The highest BCUT2D eigenvalue weighted by molar-refractivity contribution is 5.70. The summed E-state index contributed by atoms with van der Waals surface area (Å²) in [6.07, 6.45) is -0.747. The Hall–Kier alpha value is -0.640. The summed E-state index contributed by atoms with van der Waals surface area (Å²) in [4.78, 5) is 10.4. The molecule has 0 aromatic carbocycles. The molecule has 0 saturated carbocycles. The molecule has 0 aromatic heterocycles. The topological polar surface area (TPSA) is 46.5 Å². The van der Waals surface area contributed by atoms with Gasteiger partial charge in [-0.2, -0.15) is 0 Å². The van der Waals surface area contributed by atoms with Crippen molar-refractivity contribution in [2.75, 3.05) is 13.2 Å². The summed E-state index contributed by atoms with van der Waals surface area (Å²) in [6, 6.07) is 0. The molecule has 0 unspecified atom stereocenters. The molecule has 11 heavy (non-hydrogen) atoms. The Morgan fingerprint density at radius 2 is 2.09 bits per heavy atom. The van der Waals surface area contributed by atoms with Crippen molar-refractivity contribution in [3.05, 3.63) is 0 Å². The van der Waals surface area contributed by atoms with Gasteiger partial charge in [0.15, 0.2) is 0 Å². The molecule has 1 saturated heterocycles. The van der Waals surface area contributed by atoms with Crippen molar-refractivity contribution in [2.45, 2.75) is 19.0 Å². The second-order valence-electron chi connectivity index (χ2n) is 2.65. The van der Waals surface area contributed by atoms with Crippen molar-refractivity contribution < 1.29 is 19.0 Å². The minimum Gasteiger partial charge on any atom is -0.481 e. The summed E-state index contributed by atoms with van der Waals surface area (Å²) in [5.74, 6) is -1.92. The largest absolute Gasteiger partial charge is 0.481 e. The van der Waals surface area contributed by atoms with Gasteiger partial charge in [-0.15, -0.1) is 0 Å². The third-order valence-electron chi connectivity index (χ3n) is 1.86. The van der Waals surface area contributed by atoms with Gasteiger partial charge in [0, 0.05) is 19.6 Å². The Bertz CT molecular complexity index is 149. The van der Waals surface area contributed by atoms with E-state index in [1.54, 1.807) is 0 Å². The monoisotopic (exact) mass is 162 g/mol. The van der Waals surface area contributed by atoms with Crippen LogP contribution in [0.5, 0.6) is 0 Å². The minimum atomic E-state index is -1.24. The standard InChI is InChI=1S/C7H11FO3/c8-6-2-4-11-3-1-5(6)7(9)10/h5-6H,1-4H2,(H,9,10)/t5-,6+/m0/s1. The maximum Gasteiger partial charge on any atom is 0.309 e. The van der Waals surface area contributed by atoms with Gasteiger partial charge in [-0.1, -0.05) is 0 Å². The van der Waals surface area contributed by atoms with E-state index >= 15 is 0 Å². The van der Waals surface area contributed by atoms with E-state index in [9.17, 15) is 9.18 Å². The molecule has 0 radical (unpaired) electrons. The van der Waals surface area contributed by atoms with Crippen LogP contribution in [0.4, 0.5) is 4.39 Å². The van der Waals surface area contributed by atoms with Gasteiger partial charge >= 0.3 is 5.97 Å². The third kappa shape index (κ3) is 2.15. The van der Waals surface area contributed by atoms with E-state index in [1.807, 2.05) is 0 Å². The van der Waals surface area contributed by atoms with Crippen LogP contribution in [0.2, 0.25) is 0 Å². The first-order chi connectivity index (χ1) is 5.22. The number of carboxylic acid groups (broad SMARTS) is 1. The molecule has 1 rings (SSSR count). The number of ether oxygens (including phenoxy) is 1. The molecule has 64 valence electrons. The first-order valence-corrected chi connectivity index (χ1v) is 3.66. The molecular weight excluding hydrogens is 151 g/mol. The molecule has 1 heterocycles. The van der Waals surface area contributed by atoms with Crippen molar-refractivity contribution in [2.24, 2.45) is 5.92 Å². The number of hydrogen-bond acceptors (Lipinski definition) is 2. The lowest BCUT2D eigenvalue weighted by Gasteiger charge is -2.11. The fraction of sp³-hybridized carbons (Fsp3) is 0.857. The van der Waals surface area contributed by atoms with Gasteiger partial charge in [0.05, 0.1) is 5.92 Å². The van der Waals surface area contributed by atoms with E-state index in [1.165, 1.54) is 0 Å². The highest BCUT2D eigenvalue weighted by Crippen LogP contribution is 2.19. The van der Waals surface area contributed by atoms with Gasteiger partial charge in [0.2, 0.25) is 0 Å². The predicted molar refractivity (Wildman–Crippen MR) is 36.1 cm³/mol. The molecule has 1 fully saturated rings. The van der Waals surface area contributed by atoms with Crippen LogP contribution >= 0.6 is 0 Å². The van der Waals surface area contributed by atoms with E-state index in [4.69, 9.17) is 9.84 Å². The Morgan fingerprint density at radius 1 is 1.45 bits per heavy atom. The van der Waals surface area contributed by atoms with E-state index in [0.29, 0.717) is 13.2 Å². The summed E-state index contributed by atoms with van der Waals surface area (Å²) in [6.45, 7) is 0.697. The number of alkyl halides is 1. The van der Waals surface area contributed by atoms with Crippen LogP contribution in [0.3, 0.4) is 0 Å². The van der Waals surface area contributed by atoms with Crippen molar-refractivity contribution in [1.29, 1.82) is 0 Å². The minimum absolute atomic E-state index is 0.205. The number of hydrogen-bond donors (Lipinski definition) is 1. The van der Waals surface area contributed by atoms with Crippen LogP contribution in [0.1, 0.15) is 12.8 Å². The van der Waals surface area contributed by atoms with Gasteiger partial charge in [-0.05, 0) is 6.42 Å². The maximum atomic E-state index is 12.9. The zero-order chi connectivity index (χ0) is 8.27. The van der Waals surface area contributed by atoms with Crippen molar-refractivity contribution in [3.63, 3.8) is 0 Å². The Kier molecular flexibility index (Phi) is 2.82. The van der Waals surface area contributed by atoms with Gasteiger partial charge in [-0.3, -0.25) is 4.79 Å². The van der Waals surface area contributed by atoms with Crippen LogP contribution in [-0.4, -0.2) is 30.5 Å². The number of carboxylic acids is 1. The highest BCUT2D eigenvalue weighted by atomic mass is 19.1. The molecule has 1 aliphatic heterocycles. The molecule has 1 aliphatic rings. The van der Waals surface area contributed by atoms with E-state index in [0.717, 1.165) is 0 Å². The van der Waals surface area contributed by atoms with Crippen LogP contribution in [0.15, 0.2) is 0 Å². The van der Waals surface area contributed by atoms with Crippen LogP contribution in [0, 0.1) is 5.92 Å². The number of carbonyl (C=O) groups is 1. The number of halogens is 1. The van der Waals surface area contributed by atoms with E-state index in [-0.39, 0.29) is 12.8 Å². The normalized spacial score (nSPS) is 32.8. The maximum absolute atomic E-state index is 12.9. The summed E-state index contributed by atoms with van der Waals surface area (Å²) in [5.41, 5.74) is 0. The zero-order valence-electron chi connectivity index (χ0n) is 6.12. The fourth-order valence-corrected chi connectivity index (χ4v) is 1.17. The fourth-order valence-electron chi connectivity index (χ4n) is 1.17. The van der Waals surface area contributed by atoms with Gasteiger partial charge < -0.3 is 9.84 Å². The Labute approximate surface area is 64.2 Å². The first-order valence-electron chi connectivity index (χ1n) is 3.66. The smallest absolute Gasteiger partial charge is 0.309 e. The lowest BCUT2D eigenvalue weighted by atomic mass is 9.99. The van der Waals surface area contributed by atoms with Gasteiger partial charge in [0.1, 0.15) is 6.17 Å². The summed E-state index contributed by atoms with van der Waals surface area (Å²) < 4.78 is 17.8. The van der Waals surface area contributed by atoms with E-state index < -0.39 is 18.1 Å². The molecule has 0 bridgehead atoms. The lowest BCUT2D eigenvalue weighted by molar-refractivity contribution is -0.144. The molecule has 1 N–H and O–H groups in total. The molecular formula is C7H11FO3. The predicted octanol–water partition coefficient (Wildman–Crippen LogP) is 0.836. The van der Waals surface area contributed by atoms with Crippen molar-refractivity contribution in [1.82, 2.24) is 0 Å². The SMILES string of the molecule is O=C(O)[C@H]1CCOCC[C@H]1F. The lowest BCUT2D eigenvalue weighted by Crippen LogP contribution is -2.24. The van der Waals surface area contributed by atoms with Crippen molar-refractivity contribution >= 4 is 5.97 Å². The summed E-state index contributed by atoms with van der Waals surface area (Å²) >= 11 is 0. The van der Waals surface area contributed by atoms with Crippen LogP contribution < -0.4 is 0 Å². The molecule has 2 atom stereocenters. The van der Waals surface area contributed by atoms with Crippen LogP contribution in [-0.2, 0) is 9.53 Å². The summed E-state index contributed by atoms with van der Waals surface area (Å²) in [7, 11) is 0. The number of rotatable bonds is 1. The second-order valence-corrected chi connectivity index (χ2v) is 2.65. The average Bonchev–Trinajstić information content (AvgIpc) is 2.13. The molecule has 0 aliphatic carbocycles. The third-order valence-corrected chi connectivity index (χ3v) is 1.86. The highest BCUT2D eigenvalue weighted by Gasteiger charge is 2.29. The second kappa shape index (κ2) is 3.67. The van der Waals surface area contributed by atoms with Crippen LogP contribution in [0.25, 0.3) is 0 Å². The summed E-state index contributed by atoms with van der Waals surface area (Å²) in [5, 5.41) is 8.54. The molecule has 0 amide bonds. The number of aliphatic carboxylic acids is 1. The first kappa shape index (κ1) is 8.46. The Balaban J connectivity index is 2.52. The molecule has 0 aromatic rings. The van der Waals surface area contributed by atoms with Gasteiger partial charge in [-0.25, -0.2) is 4.39 Å². The van der Waals surface area contributed by atoms with Crippen molar-refractivity contribution in [3.8, 4) is 0 Å². The molecule has 0 spiro atoms. The van der Waals surface area contributed by atoms with E-state index in [2.05, 4.69) is 0 Å². The van der Waals surface area contributed by atoms with Gasteiger partial charge in [0.25, 0.3) is 0 Å². The zero-order valence-corrected chi connectivity index (χ0v) is 6.12. The Morgan fingerprint density at radius 3 is 2.73 bits per heavy atom. The molecule has 3 nitrogen and oxygen atoms in total.